The number of aromatic nitrogens is 5. The number of aryl methyl sites for hydroxylation is 1. The second kappa shape index (κ2) is 10.5. The van der Waals surface area contributed by atoms with Crippen molar-refractivity contribution in [3.63, 3.8) is 0 Å². The number of pyridine rings is 1. The van der Waals surface area contributed by atoms with E-state index in [1.807, 2.05) is 37.6 Å². The van der Waals surface area contributed by atoms with Crippen molar-refractivity contribution >= 4 is 22.8 Å². The van der Waals surface area contributed by atoms with E-state index in [1.54, 1.807) is 6.07 Å². The second-order valence-electron chi connectivity index (χ2n) is 11.3. The van der Waals surface area contributed by atoms with Crippen molar-refractivity contribution in [2.75, 3.05) is 25.0 Å². The molecule has 0 spiro atoms. The second-order valence-corrected chi connectivity index (χ2v) is 11.3. The summed E-state index contributed by atoms with van der Waals surface area (Å²) in [6.45, 7) is 13.6. The number of halogens is 2. The van der Waals surface area contributed by atoms with Crippen LogP contribution in [0.4, 0.5) is 20.5 Å². The van der Waals surface area contributed by atoms with Crippen molar-refractivity contribution in [2.45, 2.75) is 71.6 Å². The van der Waals surface area contributed by atoms with Gasteiger partial charge in [-0.15, -0.1) is 0 Å². The lowest BCUT2D eigenvalue weighted by Crippen LogP contribution is -2.53. The Morgan fingerprint density at radius 3 is 2.38 bits per heavy atom. The fourth-order valence-corrected chi connectivity index (χ4v) is 6.59. The average Bonchev–Trinajstić information content (AvgIpc) is 3.41. The van der Waals surface area contributed by atoms with Crippen LogP contribution in [-0.2, 0) is 0 Å². The van der Waals surface area contributed by atoms with Crippen LogP contribution in [0.5, 0.6) is 0 Å². The van der Waals surface area contributed by atoms with E-state index in [1.165, 1.54) is 18.9 Å². The van der Waals surface area contributed by atoms with Crippen molar-refractivity contribution in [1.29, 1.82) is 0 Å². The Hall–Kier alpha value is -3.50. The molecule has 2 aliphatic rings. The molecule has 3 atom stereocenters. The maximum absolute atomic E-state index is 15.0. The van der Waals surface area contributed by atoms with E-state index in [-0.39, 0.29) is 29.2 Å². The lowest BCUT2D eigenvalue weighted by atomic mass is 10.1. The van der Waals surface area contributed by atoms with Gasteiger partial charge in [0.15, 0.2) is 11.6 Å². The van der Waals surface area contributed by atoms with Gasteiger partial charge in [0.05, 0.1) is 11.7 Å². The van der Waals surface area contributed by atoms with Gasteiger partial charge in [0, 0.05) is 49.0 Å². The number of rotatable bonds is 7. The molecule has 6 rings (SSSR count). The van der Waals surface area contributed by atoms with Crippen LogP contribution in [0.1, 0.15) is 64.0 Å². The molecule has 2 saturated heterocycles. The van der Waals surface area contributed by atoms with Gasteiger partial charge in [-0.3, -0.25) is 9.80 Å². The molecule has 10 heteroatoms. The highest BCUT2D eigenvalue weighted by Gasteiger charge is 2.40. The summed E-state index contributed by atoms with van der Waals surface area (Å²) >= 11 is 0. The van der Waals surface area contributed by atoms with Crippen LogP contribution in [0.3, 0.4) is 0 Å². The largest absolute Gasteiger partial charge is 0.326 e. The zero-order valence-corrected chi connectivity index (χ0v) is 23.7. The summed E-state index contributed by atoms with van der Waals surface area (Å²) in [5.41, 5.74) is 2.35. The molecule has 8 nitrogen and oxygen atoms in total. The van der Waals surface area contributed by atoms with Crippen molar-refractivity contribution in [3.05, 3.63) is 59.7 Å². The Morgan fingerprint density at radius 2 is 1.73 bits per heavy atom. The summed E-state index contributed by atoms with van der Waals surface area (Å²) in [5, 5.41) is 3.08. The van der Waals surface area contributed by atoms with Gasteiger partial charge in [0.1, 0.15) is 22.9 Å². The number of anilines is 2. The first kappa shape index (κ1) is 26.7. The first-order valence-electron chi connectivity index (χ1n) is 14.2. The fraction of sp³-hybridized carbons (Fsp3) is 0.467. The van der Waals surface area contributed by atoms with Crippen LogP contribution in [0.25, 0.3) is 22.3 Å². The maximum atomic E-state index is 15.0. The minimum absolute atomic E-state index is 0.0125. The molecule has 0 amide bonds. The summed E-state index contributed by atoms with van der Waals surface area (Å²) in [5.74, 6) is 0.292. The van der Waals surface area contributed by atoms with E-state index >= 15 is 4.39 Å². The predicted molar refractivity (Wildman–Crippen MR) is 152 cm³/mol. The van der Waals surface area contributed by atoms with Gasteiger partial charge in [0.25, 0.3) is 0 Å². The van der Waals surface area contributed by atoms with Gasteiger partial charge < -0.3 is 9.88 Å². The number of nitrogens with zero attached hydrogens (tertiary/aromatic N) is 7. The topological polar surface area (TPSA) is 75.0 Å². The average molecular weight is 547 g/mol. The van der Waals surface area contributed by atoms with Gasteiger partial charge in [-0.25, -0.2) is 28.7 Å². The molecule has 1 aromatic carbocycles. The molecule has 1 N–H and O–H groups in total. The molecule has 3 aromatic heterocycles. The number of nitrogens with one attached hydrogen (secondary N) is 1. The van der Waals surface area contributed by atoms with Crippen LogP contribution >= 0.6 is 0 Å². The highest BCUT2D eigenvalue weighted by atomic mass is 19.1. The quantitative estimate of drug-likeness (QED) is 0.303. The van der Waals surface area contributed by atoms with Crippen LogP contribution in [0.2, 0.25) is 0 Å². The number of benzene rings is 1. The zero-order chi connectivity index (χ0) is 28.1. The molecular weight excluding hydrogens is 510 g/mol. The van der Waals surface area contributed by atoms with Crippen LogP contribution in [0, 0.1) is 18.6 Å². The van der Waals surface area contributed by atoms with Crippen LogP contribution in [0.15, 0.2) is 36.7 Å². The van der Waals surface area contributed by atoms with E-state index < -0.39 is 11.6 Å². The molecule has 2 fully saturated rings. The number of piperazine rings is 1. The number of hydrogen-bond acceptors (Lipinski definition) is 7. The van der Waals surface area contributed by atoms with Gasteiger partial charge in [0.2, 0.25) is 5.95 Å². The SMILES string of the molecule is CCN1C2CCC1CN([C@@H](C)c1ccc(Nc3ncc(F)c(-c4cc(F)c5nc(C)n(C(C)C)c5c4)n3)nc1)C2. The number of fused-ring (bicyclic) bond motifs is 3. The smallest absolute Gasteiger partial charge is 0.229 e. The minimum atomic E-state index is -0.633. The van der Waals surface area contributed by atoms with E-state index in [0.29, 0.717) is 34.8 Å². The third-order valence-corrected chi connectivity index (χ3v) is 8.54. The molecule has 0 saturated carbocycles. The first-order chi connectivity index (χ1) is 19.2. The van der Waals surface area contributed by atoms with Crippen molar-refractivity contribution in [1.82, 2.24) is 34.3 Å². The molecule has 0 radical (unpaired) electrons. The Balaban J connectivity index is 1.21. The molecular formula is C30H36F2N8. The predicted octanol–water partition coefficient (Wildman–Crippen LogP) is 6.03. The van der Waals surface area contributed by atoms with E-state index in [2.05, 4.69) is 55.0 Å². The molecule has 2 unspecified atom stereocenters. The molecule has 40 heavy (non-hydrogen) atoms. The third-order valence-electron chi connectivity index (χ3n) is 8.54. The number of likely N-dealkylation sites (N-methyl/N-ethyl adjacent to an activating group) is 1. The zero-order valence-electron chi connectivity index (χ0n) is 23.7. The third kappa shape index (κ3) is 4.73. The molecule has 210 valence electrons. The molecule has 2 aliphatic heterocycles. The van der Waals surface area contributed by atoms with Gasteiger partial charge in [-0.1, -0.05) is 13.0 Å². The monoisotopic (exact) mass is 546 g/mol. The number of imidazole rings is 1. The molecule has 5 heterocycles. The van der Waals surface area contributed by atoms with Crippen LogP contribution in [-0.4, -0.2) is 66.0 Å². The highest BCUT2D eigenvalue weighted by molar-refractivity contribution is 5.83. The van der Waals surface area contributed by atoms with E-state index in [9.17, 15) is 4.39 Å². The van der Waals surface area contributed by atoms with Crippen molar-refractivity contribution in [2.24, 2.45) is 0 Å². The summed E-state index contributed by atoms with van der Waals surface area (Å²) in [7, 11) is 0. The lowest BCUT2D eigenvalue weighted by Gasteiger charge is -2.43. The Morgan fingerprint density at radius 1 is 0.975 bits per heavy atom. The summed E-state index contributed by atoms with van der Waals surface area (Å²) in [6.07, 6.45) is 5.54. The van der Waals surface area contributed by atoms with Crippen LogP contribution < -0.4 is 5.32 Å². The van der Waals surface area contributed by atoms with E-state index in [4.69, 9.17) is 0 Å². The van der Waals surface area contributed by atoms with E-state index in [0.717, 1.165) is 31.4 Å². The number of likely N-dealkylation sites (tertiary alicyclic amines) is 1. The molecule has 4 aromatic rings. The summed E-state index contributed by atoms with van der Waals surface area (Å²) in [6, 6.07) is 8.60. The molecule has 2 bridgehead atoms. The minimum Gasteiger partial charge on any atom is -0.326 e. The summed E-state index contributed by atoms with van der Waals surface area (Å²) < 4.78 is 31.8. The first-order valence-corrected chi connectivity index (χ1v) is 14.2. The maximum Gasteiger partial charge on any atom is 0.229 e. The van der Waals surface area contributed by atoms with Gasteiger partial charge in [-0.05, 0) is 70.8 Å². The lowest BCUT2D eigenvalue weighted by molar-refractivity contribution is 0.0485. The highest BCUT2D eigenvalue weighted by Crippen LogP contribution is 2.34. The Kier molecular flexibility index (Phi) is 7.00. The summed E-state index contributed by atoms with van der Waals surface area (Å²) in [4.78, 5) is 22.7. The fourth-order valence-electron chi connectivity index (χ4n) is 6.59. The van der Waals surface area contributed by atoms with Gasteiger partial charge in [-0.2, -0.15) is 0 Å². The Labute approximate surface area is 233 Å². The Bertz CT molecular complexity index is 1520. The van der Waals surface area contributed by atoms with Crippen molar-refractivity contribution < 1.29 is 8.78 Å². The van der Waals surface area contributed by atoms with Gasteiger partial charge >= 0.3 is 0 Å². The molecule has 0 aliphatic carbocycles. The standard InChI is InChI=1S/C30H36F2N8/c1-6-39-22-8-9-23(39)16-38(15-22)18(4)20-7-10-27(33-13-20)36-30-34-14-25(32)28(37-30)21-11-24(31)29-26(12-21)40(17(2)3)19(5)35-29/h7,10-14,17-18,22-23H,6,8-9,15-16H2,1-5H3,(H,33,34,36,37)/t18-,22?,23?/m0/s1. The number of hydrogen-bond donors (Lipinski definition) is 1. The normalized spacial score (nSPS) is 20.5. The van der Waals surface area contributed by atoms with Crippen molar-refractivity contribution in [3.8, 4) is 11.3 Å².